The van der Waals surface area contributed by atoms with E-state index in [9.17, 15) is 8.42 Å². The van der Waals surface area contributed by atoms with Crippen molar-refractivity contribution < 1.29 is 13.5 Å². The third-order valence-electron chi connectivity index (χ3n) is 1.91. The maximum absolute atomic E-state index is 11.7. The molecule has 1 aromatic carbocycles. The number of hydrogen-bond acceptors (Lipinski definition) is 5. The zero-order valence-electron chi connectivity index (χ0n) is 8.25. The van der Waals surface area contributed by atoms with E-state index in [0.717, 1.165) is 16.0 Å². The van der Waals surface area contributed by atoms with E-state index in [0.29, 0.717) is 5.52 Å². The molecule has 86 valence electrons. The molecule has 0 aliphatic heterocycles. The molecule has 0 atom stereocenters. The Morgan fingerprint density at radius 2 is 2.12 bits per heavy atom. The van der Waals surface area contributed by atoms with Gasteiger partial charge in [0.1, 0.15) is 0 Å². The Labute approximate surface area is 96.8 Å². The summed E-state index contributed by atoms with van der Waals surface area (Å²) in [6.07, 6.45) is 0. The lowest BCUT2D eigenvalue weighted by Gasteiger charge is -1.99. The van der Waals surface area contributed by atoms with Gasteiger partial charge in [0.2, 0.25) is 4.34 Å². The van der Waals surface area contributed by atoms with Crippen LogP contribution in [0.25, 0.3) is 10.2 Å². The summed E-state index contributed by atoms with van der Waals surface area (Å²) in [6, 6.07) is 7.21. The highest BCUT2D eigenvalue weighted by atomic mass is 32.2. The smallest absolute Gasteiger partial charge is 0.267 e. The molecule has 0 unspecified atom stereocenters. The number of thiazole rings is 1. The number of aliphatic hydroxyl groups is 1. The molecule has 0 aliphatic carbocycles. The van der Waals surface area contributed by atoms with Crippen LogP contribution in [0.3, 0.4) is 0 Å². The average molecular weight is 258 g/mol. The third-order valence-corrected chi connectivity index (χ3v) is 4.78. The Morgan fingerprint density at radius 3 is 2.81 bits per heavy atom. The van der Waals surface area contributed by atoms with Gasteiger partial charge >= 0.3 is 0 Å². The van der Waals surface area contributed by atoms with Gasteiger partial charge in [0.15, 0.2) is 0 Å². The number of para-hydroxylation sites is 1. The van der Waals surface area contributed by atoms with Crippen molar-refractivity contribution >= 4 is 31.6 Å². The van der Waals surface area contributed by atoms with Crippen molar-refractivity contribution in [2.24, 2.45) is 0 Å². The largest absolute Gasteiger partial charge is 0.395 e. The first-order valence-electron chi connectivity index (χ1n) is 4.59. The minimum Gasteiger partial charge on any atom is -0.395 e. The van der Waals surface area contributed by atoms with Crippen LogP contribution in [-0.4, -0.2) is 31.7 Å². The molecule has 2 rings (SSSR count). The van der Waals surface area contributed by atoms with Gasteiger partial charge in [-0.15, -0.1) is 11.3 Å². The van der Waals surface area contributed by atoms with Crippen LogP contribution >= 0.6 is 11.3 Å². The van der Waals surface area contributed by atoms with Gasteiger partial charge in [-0.1, -0.05) is 12.1 Å². The van der Waals surface area contributed by atoms with E-state index in [1.807, 2.05) is 12.1 Å². The van der Waals surface area contributed by atoms with Gasteiger partial charge in [0.05, 0.1) is 16.8 Å². The van der Waals surface area contributed by atoms with Crippen molar-refractivity contribution in [1.29, 1.82) is 0 Å². The number of sulfonamides is 1. The lowest BCUT2D eigenvalue weighted by atomic mass is 10.3. The molecule has 0 spiro atoms. The van der Waals surface area contributed by atoms with E-state index >= 15 is 0 Å². The summed E-state index contributed by atoms with van der Waals surface area (Å²) in [5, 5.41) is 8.57. The summed E-state index contributed by atoms with van der Waals surface area (Å²) < 4.78 is 26.5. The Hall–Kier alpha value is -1.02. The first-order valence-corrected chi connectivity index (χ1v) is 6.89. The summed E-state index contributed by atoms with van der Waals surface area (Å²) in [5.74, 6) is 0. The lowest BCUT2D eigenvalue weighted by Crippen LogP contribution is -2.26. The number of benzene rings is 1. The zero-order chi connectivity index (χ0) is 11.6. The molecule has 0 radical (unpaired) electrons. The fourth-order valence-electron chi connectivity index (χ4n) is 1.21. The maximum Gasteiger partial charge on any atom is 0.267 e. The van der Waals surface area contributed by atoms with Crippen LogP contribution in [0.4, 0.5) is 0 Å². The first kappa shape index (κ1) is 11.5. The van der Waals surface area contributed by atoms with Crippen molar-refractivity contribution in [1.82, 2.24) is 9.71 Å². The first-order chi connectivity index (χ1) is 7.63. The molecule has 0 fully saturated rings. The molecule has 2 N–H and O–H groups in total. The number of hydrogen-bond donors (Lipinski definition) is 2. The second-order valence-electron chi connectivity index (χ2n) is 3.07. The van der Waals surface area contributed by atoms with Crippen LogP contribution in [0.1, 0.15) is 0 Å². The number of aliphatic hydroxyl groups excluding tert-OH is 1. The second kappa shape index (κ2) is 4.46. The normalized spacial score (nSPS) is 12.1. The molecule has 0 aliphatic rings. The Morgan fingerprint density at radius 1 is 1.38 bits per heavy atom. The number of aromatic nitrogens is 1. The Bertz CT molecular complexity index is 559. The molecule has 2 aromatic rings. The number of fused-ring (bicyclic) bond motifs is 1. The van der Waals surface area contributed by atoms with Crippen molar-refractivity contribution in [3.8, 4) is 0 Å². The molecule has 1 heterocycles. The van der Waals surface area contributed by atoms with Gasteiger partial charge in [-0.05, 0) is 12.1 Å². The third kappa shape index (κ3) is 2.22. The number of nitrogens with one attached hydrogen (secondary N) is 1. The maximum atomic E-state index is 11.7. The second-order valence-corrected chi connectivity index (χ2v) is 6.04. The summed E-state index contributed by atoms with van der Waals surface area (Å²) in [7, 11) is -3.59. The summed E-state index contributed by atoms with van der Waals surface area (Å²) in [5.41, 5.74) is 0.664. The quantitative estimate of drug-likeness (QED) is 0.840. The van der Waals surface area contributed by atoms with Gasteiger partial charge in [-0.3, -0.25) is 0 Å². The van der Waals surface area contributed by atoms with Crippen LogP contribution in [0.5, 0.6) is 0 Å². The molecule has 0 saturated heterocycles. The summed E-state index contributed by atoms with van der Waals surface area (Å²) in [6.45, 7) is -0.234. The SMILES string of the molecule is O=S(=O)(NCCO)c1nc2ccccc2s1. The van der Waals surface area contributed by atoms with Crippen LogP contribution in [0.15, 0.2) is 28.6 Å². The molecule has 0 saturated carbocycles. The molecule has 0 bridgehead atoms. The fraction of sp³-hybridized carbons (Fsp3) is 0.222. The predicted octanol–water partition coefficient (Wildman–Crippen LogP) is 0.567. The van der Waals surface area contributed by atoms with E-state index in [-0.39, 0.29) is 17.5 Å². The van der Waals surface area contributed by atoms with Gasteiger partial charge < -0.3 is 5.11 Å². The van der Waals surface area contributed by atoms with Gasteiger partial charge in [0.25, 0.3) is 10.0 Å². The molecule has 16 heavy (non-hydrogen) atoms. The zero-order valence-corrected chi connectivity index (χ0v) is 9.88. The monoisotopic (exact) mass is 258 g/mol. The van der Waals surface area contributed by atoms with E-state index in [1.165, 1.54) is 0 Å². The van der Waals surface area contributed by atoms with Crippen LogP contribution in [0.2, 0.25) is 0 Å². The molecular formula is C9H10N2O3S2. The highest BCUT2D eigenvalue weighted by Gasteiger charge is 2.18. The van der Waals surface area contributed by atoms with Crippen molar-refractivity contribution in [3.05, 3.63) is 24.3 Å². The summed E-state index contributed by atoms with van der Waals surface area (Å²) in [4.78, 5) is 4.02. The summed E-state index contributed by atoms with van der Waals surface area (Å²) >= 11 is 1.11. The number of rotatable bonds is 4. The van der Waals surface area contributed by atoms with E-state index in [2.05, 4.69) is 9.71 Å². The predicted molar refractivity (Wildman–Crippen MR) is 61.9 cm³/mol. The molecule has 5 nitrogen and oxygen atoms in total. The molecule has 1 aromatic heterocycles. The topological polar surface area (TPSA) is 79.3 Å². The van der Waals surface area contributed by atoms with Crippen molar-refractivity contribution in [2.75, 3.05) is 13.2 Å². The van der Waals surface area contributed by atoms with Gasteiger partial charge in [0, 0.05) is 6.54 Å². The molecule has 0 amide bonds. The minimum absolute atomic E-state index is 0.00173. The van der Waals surface area contributed by atoms with Crippen LogP contribution in [-0.2, 0) is 10.0 Å². The molecule has 7 heteroatoms. The van der Waals surface area contributed by atoms with Gasteiger partial charge in [-0.25, -0.2) is 18.1 Å². The van der Waals surface area contributed by atoms with E-state index in [1.54, 1.807) is 12.1 Å². The fourth-order valence-corrected chi connectivity index (χ4v) is 3.49. The lowest BCUT2D eigenvalue weighted by molar-refractivity contribution is 0.301. The Kier molecular flexibility index (Phi) is 3.20. The van der Waals surface area contributed by atoms with Crippen molar-refractivity contribution in [3.63, 3.8) is 0 Å². The van der Waals surface area contributed by atoms with E-state index < -0.39 is 10.0 Å². The van der Waals surface area contributed by atoms with Crippen molar-refractivity contribution in [2.45, 2.75) is 4.34 Å². The highest BCUT2D eigenvalue weighted by Crippen LogP contribution is 2.24. The van der Waals surface area contributed by atoms with E-state index in [4.69, 9.17) is 5.11 Å². The highest BCUT2D eigenvalue weighted by molar-refractivity contribution is 7.91. The Balaban J connectivity index is 2.40. The standard InChI is InChI=1S/C9H10N2O3S2/c12-6-5-10-16(13,14)9-11-7-3-1-2-4-8(7)15-9/h1-4,10,12H,5-6H2. The number of nitrogens with zero attached hydrogens (tertiary/aromatic N) is 1. The average Bonchev–Trinajstić information content (AvgIpc) is 2.71. The van der Waals surface area contributed by atoms with Crippen LogP contribution in [0, 0.1) is 0 Å². The van der Waals surface area contributed by atoms with Gasteiger partial charge in [-0.2, -0.15) is 0 Å². The minimum atomic E-state index is -3.59. The molecular weight excluding hydrogens is 248 g/mol. The van der Waals surface area contributed by atoms with Crippen LogP contribution < -0.4 is 4.72 Å².